The zero-order valence-corrected chi connectivity index (χ0v) is 63.3. The second-order valence-electron chi connectivity index (χ2n) is 23.7. The summed E-state index contributed by atoms with van der Waals surface area (Å²) < 4.78 is 101. The lowest BCUT2D eigenvalue weighted by molar-refractivity contribution is -0.211. The minimum Gasteiger partial charge on any atom is -0.459 e. The van der Waals surface area contributed by atoms with E-state index < -0.39 is 273 Å². The predicted molar refractivity (Wildman–Crippen MR) is 343 cm³/mol. The first-order chi connectivity index (χ1) is 50.6. The summed E-state index contributed by atoms with van der Waals surface area (Å²) in [6.45, 7) is 14.8. The first-order valence-electron chi connectivity index (χ1n) is 33.1. The van der Waals surface area contributed by atoms with E-state index in [4.69, 9.17) is 94.7 Å². The molecule has 0 saturated carbocycles. The zero-order chi connectivity index (χ0) is 85.4. The first kappa shape index (κ1) is 99.2. The molecule has 22 atom stereocenters. The number of aliphatic hydroxyl groups excluding tert-OH is 5. The SMILES string of the molecule is CC(O)C(=O)OC(C)C(=O)OC(C)C(=O)OC(C)C(=O)OCC(OC(=O)C(C)OC(=O)C(C)OC(=O)C(C)OC(=O)C(C)O)C(OC(=O)C(C)OC(=O)C(C)OC(=O)C(C)OC(=O)C(C)O)C(COC(=O)C(C)OC(=O)C(C)OC(=O)C(C)OC(=O)C(C)O)OC(=O)C(C)OC(=O)C(C)OC(=O)C(C)OC(=O)C(C)O. The van der Waals surface area contributed by atoms with Crippen LogP contribution in [0.5, 0.6) is 0 Å². The third-order valence-electron chi connectivity index (χ3n) is 13.4. The van der Waals surface area contributed by atoms with Crippen molar-refractivity contribution in [1.29, 1.82) is 0 Å². The number of rotatable bonds is 44. The van der Waals surface area contributed by atoms with Crippen LogP contribution in [0.15, 0.2) is 0 Å². The third-order valence-corrected chi connectivity index (χ3v) is 13.4. The number of aliphatic hydroxyl groups is 5. The van der Waals surface area contributed by atoms with Gasteiger partial charge < -0.3 is 120 Å². The molecule has 0 aromatic rings. The summed E-state index contributed by atoms with van der Waals surface area (Å²) in [4.78, 5) is 261. The third kappa shape index (κ3) is 35.5. The van der Waals surface area contributed by atoms with Gasteiger partial charge in [0.2, 0.25) is 0 Å². The second kappa shape index (κ2) is 47.2. The molecule has 0 amide bonds. The van der Waals surface area contributed by atoms with Gasteiger partial charge in [-0.15, -0.1) is 0 Å². The van der Waals surface area contributed by atoms with Gasteiger partial charge in [0.1, 0.15) is 43.7 Å². The van der Waals surface area contributed by atoms with E-state index in [1.54, 1.807) is 0 Å². The number of carbonyl (C=O) groups is 20. The van der Waals surface area contributed by atoms with E-state index in [1.807, 2.05) is 0 Å². The van der Waals surface area contributed by atoms with Crippen LogP contribution < -0.4 is 0 Å². The quantitative estimate of drug-likeness (QED) is 0.0284. The van der Waals surface area contributed by atoms with E-state index in [2.05, 4.69) is 0 Å². The summed E-state index contributed by atoms with van der Waals surface area (Å²) in [5.74, 6) is -30.5. The molecular weight excluding hydrogens is 1500 g/mol. The summed E-state index contributed by atoms with van der Waals surface area (Å²) in [7, 11) is 0. The zero-order valence-electron chi connectivity index (χ0n) is 63.3. The molecule has 622 valence electrons. The standard InChI is InChI=1S/C65H92O45/c1-23(66)46(71)93-30(8)53(78)100-35(13)58(83)98-28(6)51(76)91-21-43(108-63(88)40(18)105-60(85)37(15)102-55(80)32(10)95-48(73)25(3)68)45(110-65(90)42(20)107-62(87)39(17)104-57(82)34(12)97-50(75)27(5)70)44(109-64(89)41(19)106-61(86)38(16)103-56(81)33(11)96-49(74)26(4)69)22-92-52(77)29(7)99-59(84)36(14)101-54(79)31(9)94-47(72)24(2)67/h23-45,66-70H,21-22H2,1-20H3. The lowest BCUT2D eigenvalue weighted by Crippen LogP contribution is -2.53. The fraction of sp³-hybridized carbons (Fsp3) is 0.692. The normalized spacial score (nSPS) is 17.3. The van der Waals surface area contributed by atoms with Crippen molar-refractivity contribution in [3.05, 3.63) is 0 Å². The van der Waals surface area contributed by atoms with Gasteiger partial charge in [0.05, 0.1) is 0 Å². The molecule has 45 nitrogen and oxygen atoms in total. The monoisotopic (exact) mass is 1590 g/mol. The van der Waals surface area contributed by atoms with Crippen LogP contribution in [0, 0.1) is 0 Å². The van der Waals surface area contributed by atoms with E-state index in [-0.39, 0.29) is 0 Å². The lowest BCUT2D eigenvalue weighted by atomic mass is 10.1. The molecular formula is C65H92O45. The number of hydrogen-bond acceptors (Lipinski definition) is 45. The van der Waals surface area contributed by atoms with Crippen LogP contribution in [0.2, 0.25) is 0 Å². The molecule has 0 rings (SSSR count). The lowest BCUT2D eigenvalue weighted by Gasteiger charge is -2.33. The highest BCUT2D eigenvalue weighted by Crippen LogP contribution is 2.22. The number of hydrogen-bond donors (Lipinski definition) is 5. The molecule has 22 unspecified atom stereocenters. The Balaban J connectivity index is 8.52. The van der Waals surface area contributed by atoms with Crippen LogP contribution in [-0.2, 0) is 191 Å². The molecule has 0 spiro atoms. The molecule has 5 N–H and O–H groups in total. The van der Waals surface area contributed by atoms with Crippen LogP contribution in [0.4, 0.5) is 0 Å². The largest absolute Gasteiger partial charge is 0.459 e. The highest BCUT2D eigenvalue weighted by Gasteiger charge is 2.45. The van der Waals surface area contributed by atoms with Crippen LogP contribution in [-0.4, -0.2) is 299 Å². The molecule has 110 heavy (non-hydrogen) atoms. The summed E-state index contributed by atoms with van der Waals surface area (Å²) in [6.07, 6.45) is -47.1. The molecule has 0 radical (unpaired) electrons. The number of ether oxygens (including phenoxy) is 20. The maximum atomic E-state index is 14.5. The Morgan fingerprint density at radius 3 is 0.409 bits per heavy atom. The molecule has 0 saturated heterocycles. The van der Waals surface area contributed by atoms with Crippen molar-refractivity contribution >= 4 is 119 Å². The molecule has 45 heteroatoms. The van der Waals surface area contributed by atoms with E-state index in [9.17, 15) is 121 Å². The number of carbonyl (C=O) groups excluding carboxylic acids is 20. The Morgan fingerprint density at radius 1 is 0.164 bits per heavy atom. The van der Waals surface area contributed by atoms with Crippen LogP contribution in [0.3, 0.4) is 0 Å². The Bertz CT molecular complexity index is 3110. The van der Waals surface area contributed by atoms with Gasteiger partial charge in [-0.25, -0.2) is 95.9 Å². The maximum Gasteiger partial charge on any atom is 0.347 e. The molecule has 0 aliphatic carbocycles. The molecule has 0 bridgehead atoms. The summed E-state index contributed by atoms with van der Waals surface area (Å²) in [5.41, 5.74) is 0. The van der Waals surface area contributed by atoms with Crippen LogP contribution >= 0.6 is 0 Å². The van der Waals surface area contributed by atoms with E-state index in [1.165, 1.54) is 0 Å². The second-order valence-corrected chi connectivity index (χ2v) is 23.7. The van der Waals surface area contributed by atoms with Crippen molar-refractivity contribution in [2.45, 2.75) is 279 Å². The van der Waals surface area contributed by atoms with Crippen LogP contribution in [0.25, 0.3) is 0 Å². The summed E-state index contributed by atoms with van der Waals surface area (Å²) in [5, 5.41) is 47.5. The van der Waals surface area contributed by atoms with Crippen LogP contribution in [0.1, 0.15) is 138 Å². The Labute approximate surface area is 626 Å². The molecule has 0 aromatic carbocycles. The smallest absolute Gasteiger partial charge is 0.347 e. The van der Waals surface area contributed by atoms with E-state index in [0.29, 0.717) is 0 Å². The maximum absolute atomic E-state index is 14.5. The average molecular weight is 1590 g/mol. The minimum atomic E-state index is -2.86. The fourth-order valence-corrected chi connectivity index (χ4v) is 6.85. The summed E-state index contributed by atoms with van der Waals surface area (Å²) >= 11 is 0. The van der Waals surface area contributed by atoms with Gasteiger partial charge in [0, 0.05) is 0 Å². The van der Waals surface area contributed by atoms with Crippen molar-refractivity contribution in [3.63, 3.8) is 0 Å². The van der Waals surface area contributed by atoms with Gasteiger partial charge in [0.15, 0.2) is 110 Å². The Kier molecular flexibility index (Phi) is 42.6. The van der Waals surface area contributed by atoms with Crippen molar-refractivity contribution in [2.75, 3.05) is 13.2 Å². The molecule has 0 aromatic heterocycles. The van der Waals surface area contributed by atoms with Crippen molar-refractivity contribution < 1.29 is 216 Å². The van der Waals surface area contributed by atoms with Gasteiger partial charge in [0.25, 0.3) is 0 Å². The van der Waals surface area contributed by atoms with Gasteiger partial charge in [-0.3, -0.25) is 0 Å². The Morgan fingerprint density at radius 2 is 0.273 bits per heavy atom. The van der Waals surface area contributed by atoms with Crippen molar-refractivity contribution in [3.8, 4) is 0 Å². The topological polar surface area (TPSA) is 627 Å². The van der Waals surface area contributed by atoms with E-state index >= 15 is 0 Å². The van der Waals surface area contributed by atoms with Crippen molar-refractivity contribution in [1.82, 2.24) is 0 Å². The molecule has 0 fully saturated rings. The minimum absolute atomic E-state index is 0.732. The molecule has 0 heterocycles. The predicted octanol–water partition coefficient (Wildman–Crippen LogP) is -4.31. The van der Waals surface area contributed by atoms with E-state index in [0.717, 1.165) is 138 Å². The summed E-state index contributed by atoms with van der Waals surface area (Å²) in [6, 6.07) is 0. The average Bonchev–Trinajstić information content (AvgIpc) is 0.828. The van der Waals surface area contributed by atoms with Crippen molar-refractivity contribution in [2.24, 2.45) is 0 Å². The Hall–Kier alpha value is -10.8. The number of esters is 20. The first-order valence-corrected chi connectivity index (χ1v) is 33.1. The molecule has 0 aliphatic rings. The van der Waals surface area contributed by atoms with Gasteiger partial charge in [-0.1, -0.05) is 0 Å². The van der Waals surface area contributed by atoms with Gasteiger partial charge in [-0.05, 0) is 138 Å². The highest BCUT2D eigenvalue weighted by molar-refractivity contribution is 5.90. The highest BCUT2D eigenvalue weighted by atomic mass is 16.7. The van der Waals surface area contributed by atoms with Gasteiger partial charge >= 0.3 is 119 Å². The van der Waals surface area contributed by atoms with Gasteiger partial charge in [-0.2, -0.15) is 0 Å². The fourth-order valence-electron chi connectivity index (χ4n) is 6.85. The molecule has 0 aliphatic heterocycles.